The van der Waals surface area contributed by atoms with Crippen molar-refractivity contribution in [2.24, 2.45) is 0 Å². The van der Waals surface area contributed by atoms with Crippen LogP contribution in [0.1, 0.15) is 26.0 Å². The summed E-state index contributed by atoms with van der Waals surface area (Å²) in [5, 5.41) is 10.0. The first-order valence-electron chi connectivity index (χ1n) is 8.06. The fourth-order valence-corrected chi connectivity index (χ4v) is 2.36. The van der Waals surface area contributed by atoms with E-state index in [9.17, 15) is 4.79 Å². The molecule has 0 spiro atoms. The van der Waals surface area contributed by atoms with Gasteiger partial charge in [0.2, 0.25) is 5.95 Å². The van der Waals surface area contributed by atoms with E-state index in [1.165, 1.54) is 6.07 Å². The maximum Gasteiger partial charge on any atom is 0.254 e. The van der Waals surface area contributed by atoms with Crippen LogP contribution in [0.5, 0.6) is 0 Å². The Kier molecular flexibility index (Phi) is 5.61. The van der Waals surface area contributed by atoms with E-state index >= 15 is 0 Å². The van der Waals surface area contributed by atoms with Crippen molar-refractivity contribution in [3.63, 3.8) is 0 Å². The number of rotatable bonds is 7. The van der Waals surface area contributed by atoms with Gasteiger partial charge in [0.05, 0.1) is 0 Å². The van der Waals surface area contributed by atoms with Gasteiger partial charge in [0.25, 0.3) is 5.56 Å². The van der Waals surface area contributed by atoms with Crippen LogP contribution in [0, 0.1) is 6.92 Å². The highest BCUT2D eigenvalue weighted by molar-refractivity contribution is 5.53. The Morgan fingerprint density at radius 2 is 1.88 bits per heavy atom. The molecule has 0 amide bonds. The van der Waals surface area contributed by atoms with Crippen LogP contribution in [-0.4, -0.2) is 58.3 Å². The van der Waals surface area contributed by atoms with Crippen molar-refractivity contribution in [3.8, 4) is 0 Å². The summed E-state index contributed by atoms with van der Waals surface area (Å²) in [6.07, 6.45) is 0.962. The summed E-state index contributed by atoms with van der Waals surface area (Å²) in [7, 11) is 6.07. The summed E-state index contributed by atoms with van der Waals surface area (Å²) < 4.78 is 0. The number of nitrogens with one attached hydrogen (secondary N) is 3. The van der Waals surface area contributed by atoms with Gasteiger partial charge in [-0.1, -0.05) is 0 Å². The SMILES string of the molecule is Cc1cc(Nc2cc(=O)[nH]c(N(C)C(C)CC(C)N(C)C)n2)n[nH]1. The van der Waals surface area contributed by atoms with Gasteiger partial charge in [0.15, 0.2) is 5.82 Å². The monoisotopic (exact) mass is 333 g/mol. The molecule has 0 saturated carbocycles. The predicted molar refractivity (Wildman–Crippen MR) is 97.1 cm³/mol. The minimum atomic E-state index is -0.200. The zero-order chi connectivity index (χ0) is 17.9. The van der Waals surface area contributed by atoms with Gasteiger partial charge in [0.1, 0.15) is 5.82 Å². The van der Waals surface area contributed by atoms with Crippen molar-refractivity contribution < 1.29 is 0 Å². The molecule has 0 aliphatic heterocycles. The van der Waals surface area contributed by atoms with Crippen LogP contribution < -0.4 is 15.8 Å². The Morgan fingerprint density at radius 1 is 1.17 bits per heavy atom. The Labute approximate surface area is 142 Å². The predicted octanol–water partition coefficient (Wildman–Crippen LogP) is 1.71. The second-order valence-electron chi connectivity index (χ2n) is 6.52. The van der Waals surface area contributed by atoms with E-state index < -0.39 is 0 Å². The molecule has 2 aromatic heterocycles. The van der Waals surface area contributed by atoms with Crippen LogP contribution >= 0.6 is 0 Å². The molecule has 0 fully saturated rings. The van der Waals surface area contributed by atoms with Crippen LogP contribution in [0.3, 0.4) is 0 Å². The van der Waals surface area contributed by atoms with Gasteiger partial charge in [-0.05, 0) is 41.3 Å². The molecule has 0 bridgehead atoms. The number of aryl methyl sites for hydroxylation is 1. The smallest absolute Gasteiger partial charge is 0.254 e. The number of hydrogen-bond donors (Lipinski definition) is 3. The van der Waals surface area contributed by atoms with Crippen molar-refractivity contribution >= 4 is 17.6 Å². The summed E-state index contributed by atoms with van der Waals surface area (Å²) in [6.45, 7) is 6.21. The Balaban J connectivity index is 2.16. The van der Waals surface area contributed by atoms with Gasteiger partial charge in [-0.25, -0.2) is 0 Å². The van der Waals surface area contributed by atoms with E-state index in [1.54, 1.807) is 0 Å². The molecule has 24 heavy (non-hydrogen) atoms. The van der Waals surface area contributed by atoms with Crippen molar-refractivity contribution in [1.82, 2.24) is 25.1 Å². The molecule has 3 N–H and O–H groups in total. The number of hydrogen-bond acceptors (Lipinski definition) is 6. The molecule has 8 heteroatoms. The van der Waals surface area contributed by atoms with Crippen molar-refractivity contribution in [1.29, 1.82) is 0 Å². The quantitative estimate of drug-likeness (QED) is 0.714. The molecule has 0 aliphatic carbocycles. The number of anilines is 3. The summed E-state index contributed by atoms with van der Waals surface area (Å²) in [6, 6.07) is 3.94. The number of aromatic amines is 2. The molecule has 8 nitrogen and oxygen atoms in total. The van der Waals surface area contributed by atoms with Crippen molar-refractivity contribution in [2.45, 2.75) is 39.3 Å². The third-order valence-electron chi connectivity index (χ3n) is 4.25. The number of nitrogens with zero attached hydrogens (tertiary/aromatic N) is 4. The Morgan fingerprint density at radius 3 is 2.46 bits per heavy atom. The Hall–Kier alpha value is -2.35. The average Bonchev–Trinajstić information content (AvgIpc) is 2.90. The zero-order valence-electron chi connectivity index (χ0n) is 15.2. The first-order chi connectivity index (χ1) is 11.3. The van der Waals surface area contributed by atoms with E-state index in [0.717, 1.165) is 12.1 Å². The lowest BCUT2D eigenvalue weighted by molar-refractivity contribution is 0.285. The minimum absolute atomic E-state index is 0.200. The molecule has 0 aliphatic rings. The molecule has 0 aromatic carbocycles. The van der Waals surface area contributed by atoms with Gasteiger partial charge in [-0.3, -0.25) is 14.9 Å². The topological polar surface area (TPSA) is 92.9 Å². The van der Waals surface area contributed by atoms with E-state index in [0.29, 0.717) is 23.6 Å². The highest BCUT2D eigenvalue weighted by Gasteiger charge is 2.17. The van der Waals surface area contributed by atoms with Crippen LogP contribution in [0.4, 0.5) is 17.6 Å². The molecule has 132 valence electrons. The average molecular weight is 333 g/mol. The zero-order valence-corrected chi connectivity index (χ0v) is 15.2. The summed E-state index contributed by atoms with van der Waals surface area (Å²) in [5.74, 6) is 1.64. The van der Waals surface area contributed by atoms with Crippen LogP contribution in [0.15, 0.2) is 16.9 Å². The van der Waals surface area contributed by atoms with Crippen LogP contribution in [0.2, 0.25) is 0 Å². The maximum atomic E-state index is 12.0. The summed E-state index contributed by atoms with van der Waals surface area (Å²) in [4.78, 5) is 23.4. The molecule has 0 saturated heterocycles. The third kappa shape index (κ3) is 4.58. The van der Waals surface area contributed by atoms with Gasteiger partial charge < -0.3 is 15.1 Å². The van der Waals surface area contributed by atoms with Crippen LogP contribution in [-0.2, 0) is 0 Å². The molecule has 2 rings (SSSR count). The van der Waals surface area contributed by atoms with Crippen LogP contribution in [0.25, 0.3) is 0 Å². The largest absolute Gasteiger partial charge is 0.343 e. The maximum absolute atomic E-state index is 12.0. The van der Waals surface area contributed by atoms with E-state index in [-0.39, 0.29) is 11.6 Å². The minimum Gasteiger partial charge on any atom is -0.343 e. The number of H-pyrrole nitrogens is 2. The highest BCUT2D eigenvalue weighted by Crippen LogP contribution is 2.17. The van der Waals surface area contributed by atoms with Gasteiger partial charge in [-0.2, -0.15) is 10.1 Å². The van der Waals surface area contributed by atoms with E-state index in [2.05, 4.69) is 58.3 Å². The first-order valence-corrected chi connectivity index (χ1v) is 8.06. The molecule has 0 radical (unpaired) electrons. The van der Waals surface area contributed by atoms with Gasteiger partial charge in [-0.15, -0.1) is 0 Å². The lowest BCUT2D eigenvalue weighted by Gasteiger charge is -2.30. The summed E-state index contributed by atoms with van der Waals surface area (Å²) in [5.41, 5.74) is 0.737. The summed E-state index contributed by atoms with van der Waals surface area (Å²) >= 11 is 0. The molecule has 2 aromatic rings. The van der Waals surface area contributed by atoms with Gasteiger partial charge in [0, 0.05) is 37.0 Å². The van der Waals surface area contributed by atoms with Gasteiger partial charge >= 0.3 is 0 Å². The molecule has 2 unspecified atom stereocenters. The lowest BCUT2D eigenvalue weighted by atomic mass is 10.1. The molecular weight excluding hydrogens is 306 g/mol. The normalized spacial score (nSPS) is 13.8. The number of aromatic nitrogens is 4. The second-order valence-corrected chi connectivity index (χ2v) is 6.52. The molecule has 2 heterocycles. The lowest BCUT2D eigenvalue weighted by Crippen LogP contribution is -2.37. The van der Waals surface area contributed by atoms with Crippen molar-refractivity contribution in [2.75, 3.05) is 31.4 Å². The van der Waals surface area contributed by atoms with E-state index in [4.69, 9.17) is 0 Å². The van der Waals surface area contributed by atoms with E-state index in [1.807, 2.05) is 24.9 Å². The second kappa shape index (κ2) is 7.48. The molecular formula is C16H27N7O. The fraction of sp³-hybridized carbons (Fsp3) is 0.562. The highest BCUT2D eigenvalue weighted by atomic mass is 16.1. The standard InChI is InChI=1S/C16H27N7O/c1-10-7-14(21-20-10)17-13-9-15(24)19-16(18-13)23(6)12(3)8-11(2)22(4)5/h7,9,11-12H,8H2,1-6H3,(H3,17,18,19,20,21,24). The third-order valence-corrected chi connectivity index (χ3v) is 4.25. The fourth-order valence-electron chi connectivity index (χ4n) is 2.36. The molecule has 2 atom stereocenters. The Bertz CT molecular complexity index is 721. The first kappa shape index (κ1) is 18.0. The van der Waals surface area contributed by atoms with Crippen molar-refractivity contribution in [3.05, 3.63) is 28.2 Å².